The number of rotatable bonds is 11. The van der Waals surface area contributed by atoms with E-state index in [1.165, 1.54) is 64.8 Å². The molecule has 3 nitrogen and oxygen atoms in total. The normalized spacial score (nSPS) is 18.3. The van der Waals surface area contributed by atoms with Crippen LogP contribution in [-0.2, 0) is 0 Å². The van der Waals surface area contributed by atoms with E-state index in [2.05, 4.69) is 50.0 Å². The van der Waals surface area contributed by atoms with Gasteiger partial charge in [-0.3, -0.25) is 0 Å². The number of hydrogen-bond acceptors (Lipinski definition) is 3. The molecule has 0 heterocycles. The molecule has 0 aromatic rings. The third kappa shape index (κ3) is 7.62. The average molecular weight is 298 g/mol. The molecule has 0 spiro atoms. The topological polar surface area (TPSA) is 18.5 Å². The Morgan fingerprint density at radius 3 is 2.29 bits per heavy atom. The Hall–Kier alpha value is -0.120. The van der Waals surface area contributed by atoms with Crippen molar-refractivity contribution in [2.24, 2.45) is 11.3 Å². The molecule has 0 unspecified atom stereocenters. The van der Waals surface area contributed by atoms with Crippen LogP contribution in [0.2, 0.25) is 0 Å². The molecule has 0 saturated heterocycles. The Kier molecular flexibility index (Phi) is 8.84. The summed E-state index contributed by atoms with van der Waals surface area (Å²) in [6, 6.07) is 0. The maximum atomic E-state index is 3.74. The quantitative estimate of drug-likeness (QED) is 0.632. The van der Waals surface area contributed by atoms with Gasteiger partial charge in [0.15, 0.2) is 0 Å². The lowest BCUT2D eigenvalue weighted by Crippen LogP contribution is -2.44. The van der Waals surface area contributed by atoms with Crippen molar-refractivity contribution in [3.63, 3.8) is 0 Å². The molecular formula is C18H39N3. The van der Waals surface area contributed by atoms with Crippen LogP contribution in [0, 0.1) is 11.3 Å². The predicted octanol–water partition coefficient (Wildman–Crippen LogP) is 3.07. The van der Waals surface area contributed by atoms with E-state index in [0.29, 0.717) is 5.41 Å². The van der Waals surface area contributed by atoms with E-state index in [0.717, 1.165) is 12.5 Å². The van der Waals surface area contributed by atoms with E-state index in [1.54, 1.807) is 0 Å². The summed E-state index contributed by atoms with van der Waals surface area (Å²) in [7, 11) is 4.34. The van der Waals surface area contributed by atoms with Gasteiger partial charge < -0.3 is 15.1 Å². The molecule has 0 atom stereocenters. The zero-order valence-corrected chi connectivity index (χ0v) is 15.2. The maximum absolute atomic E-state index is 3.74. The number of nitrogens with zero attached hydrogens (tertiary/aromatic N) is 2. The van der Waals surface area contributed by atoms with Crippen LogP contribution in [0.5, 0.6) is 0 Å². The third-order valence-electron chi connectivity index (χ3n) is 4.80. The van der Waals surface area contributed by atoms with Gasteiger partial charge in [0.2, 0.25) is 0 Å². The fourth-order valence-electron chi connectivity index (χ4n) is 3.58. The van der Waals surface area contributed by atoms with E-state index >= 15 is 0 Å². The van der Waals surface area contributed by atoms with Crippen molar-refractivity contribution < 1.29 is 0 Å². The summed E-state index contributed by atoms with van der Waals surface area (Å²) in [6.45, 7) is 14.2. The fraction of sp³-hybridized carbons (Fsp3) is 1.00. The van der Waals surface area contributed by atoms with Gasteiger partial charge in [0, 0.05) is 13.1 Å². The summed E-state index contributed by atoms with van der Waals surface area (Å²) in [5, 5.41) is 3.74. The minimum Gasteiger partial charge on any atom is -0.316 e. The molecule has 0 amide bonds. The highest BCUT2D eigenvalue weighted by molar-refractivity contribution is 4.89. The molecule has 126 valence electrons. The van der Waals surface area contributed by atoms with Gasteiger partial charge in [-0.1, -0.05) is 33.6 Å². The van der Waals surface area contributed by atoms with Crippen LogP contribution in [-0.4, -0.2) is 63.2 Å². The predicted molar refractivity (Wildman–Crippen MR) is 93.9 cm³/mol. The summed E-state index contributed by atoms with van der Waals surface area (Å²) in [5.41, 5.74) is 0.545. The van der Waals surface area contributed by atoms with E-state index in [1.807, 2.05) is 0 Å². The Morgan fingerprint density at radius 1 is 1.10 bits per heavy atom. The van der Waals surface area contributed by atoms with Crippen molar-refractivity contribution >= 4 is 0 Å². The van der Waals surface area contributed by atoms with Gasteiger partial charge in [-0.2, -0.15) is 0 Å². The van der Waals surface area contributed by atoms with Crippen LogP contribution in [0.1, 0.15) is 52.9 Å². The van der Waals surface area contributed by atoms with Crippen molar-refractivity contribution in [3.8, 4) is 0 Å². The Labute approximate surface area is 133 Å². The van der Waals surface area contributed by atoms with Crippen LogP contribution >= 0.6 is 0 Å². The van der Waals surface area contributed by atoms with Gasteiger partial charge >= 0.3 is 0 Å². The van der Waals surface area contributed by atoms with Crippen LogP contribution < -0.4 is 5.32 Å². The largest absolute Gasteiger partial charge is 0.316 e. The highest BCUT2D eigenvalue weighted by atomic mass is 15.1. The fourth-order valence-corrected chi connectivity index (χ4v) is 3.58. The molecule has 1 N–H and O–H groups in total. The smallest absolute Gasteiger partial charge is 0.00500 e. The van der Waals surface area contributed by atoms with Crippen LogP contribution in [0.15, 0.2) is 0 Å². The molecule has 1 saturated carbocycles. The molecule has 1 aliphatic rings. The zero-order valence-electron chi connectivity index (χ0n) is 15.2. The molecule has 1 fully saturated rings. The van der Waals surface area contributed by atoms with Gasteiger partial charge in [0.05, 0.1) is 0 Å². The Morgan fingerprint density at radius 2 is 1.76 bits per heavy atom. The molecule has 3 heteroatoms. The van der Waals surface area contributed by atoms with Gasteiger partial charge in [0.25, 0.3) is 0 Å². The zero-order chi connectivity index (χ0) is 15.7. The van der Waals surface area contributed by atoms with E-state index in [-0.39, 0.29) is 0 Å². The minimum absolute atomic E-state index is 0.545. The molecule has 0 bridgehead atoms. The molecule has 21 heavy (non-hydrogen) atoms. The second kappa shape index (κ2) is 9.81. The van der Waals surface area contributed by atoms with Crippen LogP contribution in [0.25, 0.3) is 0 Å². The lowest BCUT2D eigenvalue weighted by molar-refractivity contribution is 0.148. The standard InChI is InChI=1S/C18H39N3/c1-6-21(13-9-12-20(4)5)16-18(10-7-8-11-18)15-19-14-17(2)3/h17,19H,6-16H2,1-5H3. The first kappa shape index (κ1) is 18.9. The first-order valence-corrected chi connectivity index (χ1v) is 9.05. The van der Waals surface area contributed by atoms with E-state index in [4.69, 9.17) is 0 Å². The SMILES string of the molecule is CCN(CCCN(C)C)CC1(CNCC(C)C)CCCC1. The molecule has 0 aliphatic heterocycles. The van der Waals surface area contributed by atoms with E-state index < -0.39 is 0 Å². The van der Waals surface area contributed by atoms with Gasteiger partial charge in [-0.15, -0.1) is 0 Å². The lowest BCUT2D eigenvalue weighted by atomic mass is 9.85. The Balaban J connectivity index is 2.42. The highest BCUT2D eigenvalue weighted by Gasteiger charge is 2.34. The first-order valence-electron chi connectivity index (χ1n) is 9.05. The summed E-state index contributed by atoms with van der Waals surface area (Å²) in [5.74, 6) is 0.755. The second-order valence-electron chi connectivity index (χ2n) is 7.76. The first-order chi connectivity index (χ1) is 9.97. The Bertz CT molecular complexity index is 257. The highest BCUT2D eigenvalue weighted by Crippen LogP contribution is 2.38. The summed E-state index contributed by atoms with van der Waals surface area (Å²) < 4.78 is 0. The van der Waals surface area contributed by atoms with Crippen LogP contribution in [0.4, 0.5) is 0 Å². The van der Waals surface area contributed by atoms with Crippen LogP contribution in [0.3, 0.4) is 0 Å². The molecule has 1 aliphatic carbocycles. The summed E-state index contributed by atoms with van der Waals surface area (Å²) >= 11 is 0. The number of hydrogen-bond donors (Lipinski definition) is 1. The lowest BCUT2D eigenvalue weighted by Gasteiger charge is -2.36. The van der Waals surface area contributed by atoms with Crippen molar-refractivity contribution in [1.82, 2.24) is 15.1 Å². The number of nitrogens with one attached hydrogen (secondary N) is 1. The van der Waals surface area contributed by atoms with Gasteiger partial charge in [-0.25, -0.2) is 0 Å². The van der Waals surface area contributed by atoms with E-state index in [9.17, 15) is 0 Å². The average Bonchev–Trinajstić information content (AvgIpc) is 2.85. The molecule has 0 radical (unpaired) electrons. The third-order valence-corrected chi connectivity index (χ3v) is 4.80. The van der Waals surface area contributed by atoms with Crippen molar-refractivity contribution in [3.05, 3.63) is 0 Å². The summed E-state index contributed by atoms with van der Waals surface area (Å²) in [6.07, 6.45) is 6.98. The second-order valence-corrected chi connectivity index (χ2v) is 7.76. The molecule has 1 rings (SSSR count). The summed E-state index contributed by atoms with van der Waals surface area (Å²) in [4.78, 5) is 4.98. The van der Waals surface area contributed by atoms with Crippen molar-refractivity contribution in [2.45, 2.75) is 52.9 Å². The monoisotopic (exact) mass is 297 g/mol. The van der Waals surface area contributed by atoms with Crippen molar-refractivity contribution in [2.75, 3.05) is 53.4 Å². The van der Waals surface area contributed by atoms with Crippen molar-refractivity contribution in [1.29, 1.82) is 0 Å². The van der Waals surface area contributed by atoms with Gasteiger partial charge in [0.1, 0.15) is 0 Å². The molecule has 0 aromatic heterocycles. The molecule has 0 aromatic carbocycles. The molecular weight excluding hydrogens is 258 g/mol. The van der Waals surface area contributed by atoms with Gasteiger partial charge in [-0.05, 0) is 70.9 Å². The maximum Gasteiger partial charge on any atom is 0.00500 e. The minimum atomic E-state index is 0.545.